The number of halogens is 1. The van der Waals surface area contributed by atoms with Gasteiger partial charge in [-0.15, -0.1) is 0 Å². The first-order valence-corrected chi connectivity index (χ1v) is 7.80. The van der Waals surface area contributed by atoms with Gasteiger partial charge in [-0.3, -0.25) is 4.98 Å². The SMILES string of the molecule is CCOc1cccc(CBr)c1OCCc1ccccn1. The van der Waals surface area contributed by atoms with Gasteiger partial charge < -0.3 is 9.47 Å². The van der Waals surface area contributed by atoms with E-state index in [4.69, 9.17) is 9.47 Å². The van der Waals surface area contributed by atoms with E-state index in [1.165, 1.54) is 0 Å². The molecule has 0 bridgehead atoms. The molecular weight excluding hydrogens is 318 g/mol. The molecule has 2 aromatic rings. The molecular formula is C16H18BrNO2. The monoisotopic (exact) mass is 335 g/mol. The number of nitrogens with zero attached hydrogens (tertiary/aromatic N) is 1. The second-order valence-corrected chi connectivity index (χ2v) is 4.79. The van der Waals surface area contributed by atoms with Crippen LogP contribution >= 0.6 is 15.9 Å². The molecule has 0 aliphatic rings. The van der Waals surface area contributed by atoms with Gasteiger partial charge in [0.2, 0.25) is 0 Å². The van der Waals surface area contributed by atoms with Crippen LogP contribution < -0.4 is 9.47 Å². The van der Waals surface area contributed by atoms with Crippen LogP contribution in [-0.4, -0.2) is 18.2 Å². The molecule has 0 aliphatic heterocycles. The Morgan fingerprint density at radius 1 is 1.10 bits per heavy atom. The number of ether oxygens (including phenoxy) is 2. The van der Waals surface area contributed by atoms with Crippen LogP contribution in [0.1, 0.15) is 18.2 Å². The van der Waals surface area contributed by atoms with Gasteiger partial charge in [-0.1, -0.05) is 34.1 Å². The summed E-state index contributed by atoms with van der Waals surface area (Å²) in [5.41, 5.74) is 2.12. The molecule has 0 spiro atoms. The van der Waals surface area contributed by atoms with Crippen molar-refractivity contribution in [2.75, 3.05) is 13.2 Å². The van der Waals surface area contributed by atoms with Crippen LogP contribution in [0.2, 0.25) is 0 Å². The smallest absolute Gasteiger partial charge is 0.165 e. The second kappa shape index (κ2) is 7.90. The third-order valence-electron chi connectivity index (χ3n) is 2.84. The minimum Gasteiger partial charge on any atom is -0.490 e. The summed E-state index contributed by atoms with van der Waals surface area (Å²) in [6.07, 6.45) is 2.58. The van der Waals surface area contributed by atoms with Gasteiger partial charge in [-0.05, 0) is 25.1 Å². The van der Waals surface area contributed by atoms with Crippen molar-refractivity contribution >= 4 is 15.9 Å². The van der Waals surface area contributed by atoms with Crippen LogP contribution in [0.25, 0.3) is 0 Å². The maximum atomic E-state index is 5.92. The maximum Gasteiger partial charge on any atom is 0.165 e. The first-order valence-electron chi connectivity index (χ1n) is 6.68. The van der Waals surface area contributed by atoms with Gasteiger partial charge in [-0.25, -0.2) is 0 Å². The standard InChI is InChI=1S/C16H18BrNO2/c1-2-19-15-8-5-6-13(12-17)16(15)20-11-9-14-7-3-4-10-18-14/h3-8,10H,2,9,11-12H2,1H3. The van der Waals surface area contributed by atoms with Gasteiger partial charge in [0.05, 0.1) is 13.2 Å². The fourth-order valence-corrected chi connectivity index (χ4v) is 2.34. The molecule has 106 valence electrons. The first kappa shape index (κ1) is 14.9. The number of benzene rings is 1. The van der Waals surface area contributed by atoms with Gasteiger partial charge in [-0.2, -0.15) is 0 Å². The molecule has 1 aromatic heterocycles. The van der Waals surface area contributed by atoms with Gasteiger partial charge in [0.25, 0.3) is 0 Å². The Bertz CT molecular complexity index is 531. The van der Waals surface area contributed by atoms with Gasteiger partial charge >= 0.3 is 0 Å². The van der Waals surface area contributed by atoms with Crippen molar-refractivity contribution in [2.45, 2.75) is 18.7 Å². The van der Waals surface area contributed by atoms with Gasteiger partial charge in [0.1, 0.15) is 0 Å². The lowest BCUT2D eigenvalue weighted by Gasteiger charge is -2.14. The molecule has 0 amide bonds. The molecule has 0 saturated heterocycles. The third kappa shape index (κ3) is 3.97. The average molecular weight is 336 g/mol. The number of hydrogen-bond donors (Lipinski definition) is 0. The van der Waals surface area contributed by atoms with Crippen molar-refractivity contribution in [3.8, 4) is 11.5 Å². The Hall–Kier alpha value is -1.55. The number of alkyl halides is 1. The molecule has 0 unspecified atom stereocenters. The Labute approximate surface area is 128 Å². The van der Waals surface area contributed by atoms with Crippen LogP contribution in [0, 0.1) is 0 Å². The number of para-hydroxylation sites is 1. The molecule has 0 aliphatic carbocycles. The van der Waals surface area contributed by atoms with Crippen LogP contribution in [0.5, 0.6) is 11.5 Å². The summed E-state index contributed by atoms with van der Waals surface area (Å²) in [5, 5.41) is 0.743. The Morgan fingerprint density at radius 3 is 2.70 bits per heavy atom. The molecule has 20 heavy (non-hydrogen) atoms. The molecule has 3 nitrogen and oxygen atoms in total. The summed E-state index contributed by atoms with van der Waals surface area (Å²) < 4.78 is 11.5. The zero-order valence-corrected chi connectivity index (χ0v) is 13.1. The van der Waals surface area contributed by atoms with E-state index in [9.17, 15) is 0 Å². The highest BCUT2D eigenvalue weighted by Gasteiger charge is 2.10. The summed E-state index contributed by atoms with van der Waals surface area (Å²) in [6, 6.07) is 11.9. The van der Waals surface area contributed by atoms with E-state index in [0.29, 0.717) is 13.2 Å². The highest BCUT2D eigenvalue weighted by atomic mass is 79.9. The molecule has 1 heterocycles. The number of aromatic nitrogens is 1. The fraction of sp³-hybridized carbons (Fsp3) is 0.312. The van der Waals surface area contributed by atoms with Crippen molar-refractivity contribution in [3.05, 3.63) is 53.9 Å². The molecule has 0 N–H and O–H groups in total. The minimum atomic E-state index is 0.584. The Kier molecular flexibility index (Phi) is 5.87. The highest BCUT2D eigenvalue weighted by molar-refractivity contribution is 9.08. The molecule has 0 saturated carbocycles. The Morgan fingerprint density at radius 2 is 2.00 bits per heavy atom. The summed E-state index contributed by atoms with van der Waals surface area (Å²) in [4.78, 5) is 4.29. The third-order valence-corrected chi connectivity index (χ3v) is 3.44. The van der Waals surface area contributed by atoms with E-state index in [-0.39, 0.29) is 0 Å². The van der Waals surface area contributed by atoms with Crippen molar-refractivity contribution in [1.82, 2.24) is 4.98 Å². The molecule has 0 radical (unpaired) electrons. The van der Waals surface area contributed by atoms with E-state index in [0.717, 1.165) is 34.5 Å². The molecule has 4 heteroatoms. The summed E-state index contributed by atoms with van der Waals surface area (Å²) in [5.74, 6) is 1.62. The van der Waals surface area contributed by atoms with Crippen LogP contribution in [0.4, 0.5) is 0 Å². The number of rotatable bonds is 7. The van der Waals surface area contributed by atoms with Crippen molar-refractivity contribution in [3.63, 3.8) is 0 Å². The lowest BCUT2D eigenvalue weighted by Crippen LogP contribution is -2.06. The summed E-state index contributed by atoms with van der Waals surface area (Å²) in [6.45, 7) is 3.18. The maximum absolute atomic E-state index is 5.92. The largest absolute Gasteiger partial charge is 0.490 e. The topological polar surface area (TPSA) is 31.4 Å². The van der Waals surface area contributed by atoms with Gasteiger partial charge in [0, 0.05) is 29.2 Å². The Balaban J connectivity index is 2.04. The second-order valence-electron chi connectivity index (χ2n) is 4.23. The number of pyridine rings is 1. The van der Waals surface area contributed by atoms with E-state index in [1.54, 1.807) is 6.20 Å². The molecule has 0 fully saturated rings. The van der Waals surface area contributed by atoms with Crippen molar-refractivity contribution in [2.24, 2.45) is 0 Å². The lowest BCUT2D eigenvalue weighted by atomic mass is 10.2. The first-order chi connectivity index (χ1) is 9.85. The number of hydrogen-bond acceptors (Lipinski definition) is 3. The van der Waals surface area contributed by atoms with Crippen LogP contribution in [0.3, 0.4) is 0 Å². The van der Waals surface area contributed by atoms with Crippen LogP contribution in [-0.2, 0) is 11.8 Å². The van der Waals surface area contributed by atoms with Crippen molar-refractivity contribution in [1.29, 1.82) is 0 Å². The molecule has 2 rings (SSSR count). The summed E-state index contributed by atoms with van der Waals surface area (Å²) >= 11 is 3.48. The zero-order chi connectivity index (χ0) is 14.2. The van der Waals surface area contributed by atoms with Crippen molar-refractivity contribution < 1.29 is 9.47 Å². The van der Waals surface area contributed by atoms with Gasteiger partial charge in [0.15, 0.2) is 11.5 Å². The molecule has 0 atom stereocenters. The fourth-order valence-electron chi connectivity index (χ4n) is 1.90. The minimum absolute atomic E-state index is 0.584. The predicted molar refractivity (Wildman–Crippen MR) is 83.7 cm³/mol. The van der Waals surface area contributed by atoms with E-state index in [1.807, 2.05) is 43.3 Å². The highest BCUT2D eigenvalue weighted by Crippen LogP contribution is 2.32. The normalized spacial score (nSPS) is 10.3. The molecule has 1 aromatic carbocycles. The average Bonchev–Trinajstić information content (AvgIpc) is 2.50. The quantitative estimate of drug-likeness (QED) is 0.716. The van der Waals surface area contributed by atoms with E-state index < -0.39 is 0 Å². The summed E-state index contributed by atoms with van der Waals surface area (Å²) in [7, 11) is 0. The lowest BCUT2D eigenvalue weighted by molar-refractivity contribution is 0.277. The van der Waals surface area contributed by atoms with E-state index in [2.05, 4.69) is 20.9 Å². The zero-order valence-electron chi connectivity index (χ0n) is 11.5. The predicted octanol–water partition coefficient (Wildman–Crippen LogP) is 4.00. The van der Waals surface area contributed by atoms with Crippen LogP contribution in [0.15, 0.2) is 42.6 Å². The van der Waals surface area contributed by atoms with E-state index >= 15 is 0 Å².